The lowest BCUT2D eigenvalue weighted by atomic mass is 10.1. The maximum Gasteiger partial charge on any atom is 0.277 e. The number of fused-ring (bicyclic) bond motifs is 1. The minimum absolute atomic E-state index is 0.0274. The summed E-state index contributed by atoms with van der Waals surface area (Å²) in [4.78, 5) is 26.9. The van der Waals surface area contributed by atoms with Crippen LogP contribution in [-0.4, -0.2) is 33.6 Å². The minimum atomic E-state index is -0.652. The quantitative estimate of drug-likeness (QED) is 0.146. The summed E-state index contributed by atoms with van der Waals surface area (Å²) in [6.07, 6.45) is 5.44. The van der Waals surface area contributed by atoms with E-state index in [2.05, 4.69) is 42.0 Å². The van der Waals surface area contributed by atoms with E-state index < -0.39 is 11.7 Å². The van der Waals surface area contributed by atoms with Gasteiger partial charge in [0.1, 0.15) is 5.52 Å². The second kappa shape index (κ2) is 17.9. The van der Waals surface area contributed by atoms with E-state index >= 15 is 4.39 Å². The van der Waals surface area contributed by atoms with Gasteiger partial charge in [-0.2, -0.15) is 0 Å². The van der Waals surface area contributed by atoms with Gasteiger partial charge in [-0.05, 0) is 43.0 Å². The van der Waals surface area contributed by atoms with Crippen LogP contribution in [0.4, 0.5) is 20.9 Å². The Morgan fingerprint density at radius 2 is 1.90 bits per heavy atom. The summed E-state index contributed by atoms with van der Waals surface area (Å²) in [6.45, 7) is 13.5. The smallest absolute Gasteiger partial charge is 0.277 e. The van der Waals surface area contributed by atoms with Crippen molar-refractivity contribution in [1.29, 1.82) is 0 Å². The maximum atomic E-state index is 15.8. The number of rotatable bonds is 10. The van der Waals surface area contributed by atoms with E-state index in [0.717, 1.165) is 22.4 Å². The van der Waals surface area contributed by atoms with Crippen LogP contribution in [0.25, 0.3) is 11.0 Å². The first-order valence-corrected chi connectivity index (χ1v) is 16.0. The zero-order valence-electron chi connectivity index (χ0n) is 24.4. The number of amides is 1. The zero-order chi connectivity index (χ0) is 30.4. The molecule has 0 spiro atoms. The first-order chi connectivity index (χ1) is 20.0. The van der Waals surface area contributed by atoms with Crippen LogP contribution in [0.15, 0.2) is 46.6 Å². The number of nitrogens with one attached hydrogen (secondary N) is 3. The molecular weight excluding hydrogens is 631 g/mol. The van der Waals surface area contributed by atoms with Crippen molar-refractivity contribution >= 4 is 72.3 Å². The molecule has 0 radical (unpaired) electrons. The van der Waals surface area contributed by atoms with Crippen molar-refractivity contribution < 1.29 is 14.0 Å². The Hall–Kier alpha value is -2.73. The Morgan fingerprint density at radius 1 is 1.17 bits per heavy atom. The van der Waals surface area contributed by atoms with Gasteiger partial charge >= 0.3 is 0 Å². The third kappa shape index (κ3) is 9.66. The molecule has 0 aliphatic heterocycles. The summed E-state index contributed by atoms with van der Waals surface area (Å²) >= 11 is 11.2. The zero-order valence-corrected chi connectivity index (χ0v) is 27.5. The lowest BCUT2D eigenvalue weighted by Gasteiger charge is -2.16. The van der Waals surface area contributed by atoms with Crippen LogP contribution < -0.4 is 16.1 Å². The number of carbonyl (C=O) groups is 1. The second-order valence-corrected chi connectivity index (χ2v) is 10.3. The topological polar surface area (TPSA) is 93.1 Å². The van der Waals surface area contributed by atoms with Crippen molar-refractivity contribution in [3.8, 4) is 0 Å². The van der Waals surface area contributed by atoms with Crippen molar-refractivity contribution in [3.63, 3.8) is 0 Å². The van der Waals surface area contributed by atoms with Crippen LogP contribution in [0, 0.1) is 11.7 Å². The van der Waals surface area contributed by atoms with Gasteiger partial charge in [0.05, 0.1) is 40.4 Å². The largest absolute Gasteiger partial charge is 0.360 e. The van der Waals surface area contributed by atoms with Crippen molar-refractivity contribution in [1.82, 2.24) is 20.0 Å². The highest BCUT2D eigenvalue weighted by atomic mass is 79.9. The minimum Gasteiger partial charge on any atom is -0.360 e. The standard InChI is InChI=1S/C23H21BrClFN6O2S.3C2H6/c24-14-3-4-17(16(25)9-14)30-20-15(22(33)31-34-11-13-1-2-13)10-18-21(19(20)26)29-12-32(18)7-5-27-23-28-6-8-35-23;3*1-2/h3-4,6,8-10,12-13,30H,1-2,5,7,11H2,(H,27,28)(H,31,33);3*1-2H3. The molecule has 2 aromatic carbocycles. The van der Waals surface area contributed by atoms with E-state index in [1.807, 2.05) is 46.9 Å². The summed E-state index contributed by atoms with van der Waals surface area (Å²) in [5, 5.41) is 9.24. The molecule has 1 aliphatic rings. The molecule has 0 saturated heterocycles. The van der Waals surface area contributed by atoms with E-state index in [0.29, 0.717) is 41.8 Å². The van der Waals surface area contributed by atoms with Crippen LogP contribution in [0.2, 0.25) is 5.02 Å². The third-order valence-corrected chi connectivity index (χ3v) is 7.07. The SMILES string of the molecule is CC.CC.CC.O=C(NOCC1CC1)c1cc2c(ncn2CCNc2nccs2)c(F)c1Nc1ccc(Br)cc1Cl. The molecule has 2 aromatic heterocycles. The van der Waals surface area contributed by atoms with Crippen molar-refractivity contribution in [2.24, 2.45) is 5.92 Å². The van der Waals surface area contributed by atoms with Crippen LogP contribution in [0.5, 0.6) is 0 Å². The molecule has 41 heavy (non-hydrogen) atoms. The first-order valence-electron chi connectivity index (χ1n) is 13.9. The number of carbonyl (C=O) groups excluding carboxylic acids is 1. The highest BCUT2D eigenvalue weighted by Crippen LogP contribution is 2.34. The Bertz CT molecular complexity index is 1370. The maximum absolute atomic E-state index is 15.8. The van der Waals surface area contributed by atoms with Crippen molar-refractivity contribution in [2.75, 3.05) is 23.8 Å². The van der Waals surface area contributed by atoms with E-state index in [9.17, 15) is 4.79 Å². The second-order valence-electron chi connectivity index (χ2n) is 8.12. The van der Waals surface area contributed by atoms with Crippen LogP contribution >= 0.6 is 38.9 Å². The summed E-state index contributed by atoms with van der Waals surface area (Å²) in [5.74, 6) is -0.753. The molecule has 8 nitrogen and oxygen atoms in total. The normalized spacial score (nSPS) is 11.7. The molecule has 4 aromatic rings. The average molecular weight is 670 g/mol. The lowest BCUT2D eigenvalue weighted by Crippen LogP contribution is -2.26. The number of nitrogens with zero attached hydrogens (tertiary/aromatic N) is 3. The monoisotopic (exact) mass is 668 g/mol. The Morgan fingerprint density at radius 3 is 2.54 bits per heavy atom. The highest BCUT2D eigenvalue weighted by Gasteiger charge is 2.25. The molecule has 224 valence electrons. The number of hydrogen-bond acceptors (Lipinski definition) is 7. The molecule has 1 fully saturated rings. The predicted octanol–water partition coefficient (Wildman–Crippen LogP) is 9.05. The van der Waals surface area contributed by atoms with Gasteiger partial charge in [0, 0.05) is 29.1 Å². The van der Waals surface area contributed by atoms with Crippen LogP contribution in [0.3, 0.4) is 0 Å². The average Bonchev–Trinajstić information content (AvgIpc) is 3.50. The molecule has 1 saturated carbocycles. The number of hydrogen-bond donors (Lipinski definition) is 3. The van der Waals surface area contributed by atoms with Gasteiger partial charge in [-0.25, -0.2) is 19.8 Å². The summed E-state index contributed by atoms with van der Waals surface area (Å²) in [7, 11) is 0. The summed E-state index contributed by atoms with van der Waals surface area (Å²) < 4.78 is 18.3. The van der Waals surface area contributed by atoms with E-state index in [1.165, 1.54) is 11.3 Å². The summed E-state index contributed by atoms with van der Waals surface area (Å²) in [5.41, 5.74) is 3.59. The number of imidazole rings is 1. The van der Waals surface area contributed by atoms with Gasteiger partial charge in [-0.3, -0.25) is 9.63 Å². The van der Waals surface area contributed by atoms with Gasteiger partial charge in [-0.1, -0.05) is 69.1 Å². The summed E-state index contributed by atoms with van der Waals surface area (Å²) in [6, 6.07) is 6.76. The number of aromatic nitrogens is 3. The first kappa shape index (κ1) is 34.5. The number of anilines is 3. The van der Waals surface area contributed by atoms with Gasteiger partial charge < -0.3 is 15.2 Å². The molecule has 0 atom stereocenters. The molecule has 1 aliphatic carbocycles. The molecule has 0 unspecified atom stereocenters. The fraction of sp³-hybridized carbons (Fsp3) is 0.414. The molecule has 1 amide bonds. The number of hydroxylamine groups is 1. The molecular formula is C29H39BrClFN6O2S. The van der Waals surface area contributed by atoms with Crippen molar-refractivity contribution in [2.45, 2.75) is 60.9 Å². The number of halogens is 3. The van der Waals surface area contributed by atoms with E-state index in [1.54, 1.807) is 41.4 Å². The predicted molar refractivity (Wildman–Crippen MR) is 173 cm³/mol. The number of thiazole rings is 1. The fourth-order valence-electron chi connectivity index (χ4n) is 3.52. The molecule has 5 rings (SSSR count). The van der Waals surface area contributed by atoms with Gasteiger partial charge in [0.2, 0.25) is 0 Å². The molecule has 3 N–H and O–H groups in total. The fourth-order valence-corrected chi connectivity index (χ4v) is 4.80. The number of benzene rings is 2. The van der Waals surface area contributed by atoms with Gasteiger partial charge in [0.25, 0.3) is 5.91 Å². The van der Waals surface area contributed by atoms with Crippen molar-refractivity contribution in [3.05, 3.63) is 63.0 Å². The molecule has 0 bridgehead atoms. The molecule has 12 heteroatoms. The molecule has 2 heterocycles. The third-order valence-electron chi connectivity index (χ3n) is 5.53. The van der Waals surface area contributed by atoms with Crippen LogP contribution in [-0.2, 0) is 11.4 Å². The van der Waals surface area contributed by atoms with Gasteiger partial charge in [0.15, 0.2) is 10.9 Å². The van der Waals surface area contributed by atoms with E-state index in [-0.39, 0.29) is 16.8 Å². The van der Waals surface area contributed by atoms with E-state index in [4.69, 9.17) is 16.4 Å². The Kier molecular flexibility index (Phi) is 15.1. The highest BCUT2D eigenvalue weighted by molar-refractivity contribution is 9.10. The Labute approximate surface area is 259 Å². The van der Waals surface area contributed by atoms with Gasteiger partial charge in [-0.15, -0.1) is 11.3 Å². The Balaban J connectivity index is 0.000000921. The lowest BCUT2D eigenvalue weighted by molar-refractivity contribution is 0.0271. The van der Waals surface area contributed by atoms with Crippen LogP contribution in [0.1, 0.15) is 64.7 Å².